The first-order valence-electron chi connectivity index (χ1n) is 6.80. The van der Waals surface area contributed by atoms with Gasteiger partial charge in [0.05, 0.1) is 23.8 Å². The Balaban J connectivity index is 2.02. The molecule has 0 spiro atoms. The van der Waals surface area contributed by atoms with Crippen LogP contribution in [-0.4, -0.2) is 11.5 Å². The molecular weight excluding hydrogens is 234 g/mol. The van der Waals surface area contributed by atoms with Gasteiger partial charge in [-0.05, 0) is 25.0 Å². The summed E-state index contributed by atoms with van der Waals surface area (Å²) in [6.07, 6.45) is 4.82. The summed E-state index contributed by atoms with van der Waals surface area (Å²) in [5.74, 6) is 0. The number of hydrogen-bond donors (Lipinski definition) is 2. The second-order valence-electron chi connectivity index (χ2n) is 4.67. The summed E-state index contributed by atoms with van der Waals surface area (Å²) in [6.45, 7) is 5.28. The van der Waals surface area contributed by atoms with Crippen molar-refractivity contribution in [1.82, 2.24) is 4.98 Å². The molecule has 3 nitrogen and oxygen atoms in total. The molecule has 1 aromatic carbocycles. The predicted octanol–water partition coefficient (Wildman–Crippen LogP) is 4.08. The summed E-state index contributed by atoms with van der Waals surface area (Å²) in [4.78, 5) is 4.26. The van der Waals surface area contributed by atoms with Crippen molar-refractivity contribution >= 4 is 11.4 Å². The van der Waals surface area contributed by atoms with Gasteiger partial charge in [0.2, 0.25) is 0 Å². The molecule has 1 atom stereocenters. The molecule has 0 aliphatic carbocycles. The van der Waals surface area contributed by atoms with Crippen molar-refractivity contribution in [3.8, 4) is 0 Å². The summed E-state index contributed by atoms with van der Waals surface area (Å²) < 4.78 is 0. The number of hydrogen-bond acceptors (Lipinski definition) is 3. The van der Waals surface area contributed by atoms with Crippen molar-refractivity contribution in [1.29, 1.82) is 0 Å². The van der Waals surface area contributed by atoms with Gasteiger partial charge in [0.15, 0.2) is 0 Å². The topological polar surface area (TPSA) is 37.0 Å². The van der Waals surface area contributed by atoms with E-state index in [0.717, 1.165) is 24.3 Å². The maximum Gasteiger partial charge on any atom is 0.0552 e. The lowest BCUT2D eigenvalue weighted by molar-refractivity contribution is 0.882. The van der Waals surface area contributed by atoms with E-state index in [0.29, 0.717) is 0 Å². The van der Waals surface area contributed by atoms with E-state index in [2.05, 4.69) is 59.8 Å². The van der Waals surface area contributed by atoms with E-state index in [1.54, 1.807) is 0 Å². The van der Waals surface area contributed by atoms with Crippen molar-refractivity contribution in [2.45, 2.75) is 26.3 Å². The van der Waals surface area contributed by atoms with Crippen LogP contribution in [0.5, 0.6) is 0 Å². The number of benzene rings is 1. The summed E-state index contributed by atoms with van der Waals surface area (Å²) in [7, 11) is 0. The molecule has 0 aliphatic rings. The molecule has 0 fully saturated rings. The van der Waals surface area contributed by atoms with Crippen LogP contribution in [0.1, 0.15) is 31.9 Å². The zero-order chi connectivity index (χ0) is 13.5. The normalized spacial score (nSPS) is 11.9. The Morgan fingerprint density at radius 1 is 1.11 bits per heavy atom. The van der Waals surface area contributed by atoms with Crippen LogP contribution in [0, 0.1) is 0 Å². The van der Waals surface area contributed by atoms with Crippen molar-refractivity contribution in [3.63, 3.8) is 0 Å². The van der Waals surface area contributed by atoms with Crippen LogP contribution >= 0.6 is 0 Å². The number of nitrogens with zero attached hydrogens (tertiary/aromatic N) is 1. The van der Waals surface area contributed by atoms with Crippen molar-refractivity contribution in [3.05, 3.63) is 54.4 Å². The molecule has 2 aromatic rings. The molecule has 0 aliphatic heterocycles. The zero-order valence-corrected chi connectivity index (χ0v) is 11.6. The Kier molecular flexibility index (Phi) is 4.78. The minimum atomic E-state index is 0.268. The number of aromatic nitrogens is 1. The molecule has 0 amide bonds. The average Bonchev–Trinajstić information content (AvgIpc) is 2.46. The smallest absolute Gasteiger partial charge is 0.0552 e. The Morgan fingerprint density at radius 2 is 1.84 bits per heavy atom. The number of nitrogens with one attached hydrogen (secondary N) is 2. The maximum atomic E-state index is 4.26. The van der Waals surface area contributed by atoms with Gasteiger partial charge in [-0.2, -0.15) is 0 Å². The first-order chi connectivity index (χ1) is 9.29. The highest BCUT2D eigenvalue weighted by molar-refractivity contribution is 5.54. The van der Waals surface area contributed by atoms with Gasteiger partial charge in [0, 0.05) is 12.6 Å². The van der Waals surface area contributed by atoms with E-state index in [1.807, 2.05) is 18.5 Å². The van der Waals surface area contributed by atoms with Gasteiger partial charge in [-0.15, -0.1) is 0 Å². The maximum absolute atomic E-state index is 4.26. The van der Waals surface area contributed by atoms with E-state index in [-0.39, 0.29) is 6.04 Å². The lowest BCUT2D eigenvalue weighted by atomic mass is 10.1. The SMILES string of the molecule is CCCNc1cncc(NC(C)c2ccccc2)c1. The summed E-state index contributed by atoms with van der Waals surface area (Å²) in [5, 5.41) is 6.82. The molecule has 0 radical (unpaired) electrons. The van der Waals surface area contributed by atoms with Gasteiger partial charge in [0.25, 0.3) is 0 Å². The summed E-state index contributed by atoms with van der Waals surface area (Å²) in [6, 6.07) is 12.8. The molecule has 2 N–H and O–H groups in total. The Morgan fingerprint density at radius 3 is 2.58 bits per heavy atom. The lowest BCUT2D eigenvalue weighted by Crippen LogP contribution is -2.07. The van der Waals surface area contributed by atoms with E-state index in [9.17, 15) is 0 Å². The fourth-order valence-electron chi connectivity index (χ4n) is 1.96. The molecular formula is C16H21N3. The molecule has 0 saturated carbocycles. The second kappa shape index (κ2) is 6.78. The highest BCUT2D eigenvalue weighted by Crippen LogP contribution is 2.20. The highest BCUT2D eigenvalue weighted by atomic mass is 14.9. The third-order valence-corrected chi connectivity index (χ3v) is 3.00. The minimum absolute atomic E-state index is 0.268. The van der Waals surface area contributed by atoms with Gasteiger partial charge >= 0.3 is 0 Å². The van der Waals surface area contributed by atoms with E-state index < -0.39 is 0 Å². The first-order valence-corrected chi connectivity index (χ1v) is 6.80. The molecule has 1 heterocycles. The van der Waals surface area contributed by atoms with Crippen molar-refractivity contribution < 1.29 is 0 Å². The number of pyridine rings is 1. The van der Waals surface area contributed by atoms with Crippen LogP contribution in [0.3, 0.4) is 0 Å². The van der Waals surface area contributed by atoms with Crippen LogP contribution in [0.4, 0.5) is 11.4 Å². The molecule has 1 aromatic heterocycles. The van der Waals surface area contributed by atoms with E-state index >= 15 is 0 Å². The van der Waals surface area contributed by atoms with Gasteiger partial charge in [-0.3, -0.25) is 4.98 Å². The largest absolute Gasteiger partial charge is 0.384 e. The third-order valence-electron chi connectivity index (χ3n) is 3.00. The first kappa shape index (κ1) is 13.4. The van der Waals surface area contributed by atoms with Crippen LogP contribution in [0.2, 0.25) is 0 Å². The quantitative estimate of drug-likeness (QED) is 0.816. The molecule has 0 saturated heterocycles. The predicted molar refractivity (Wildman–Crippen MR) is 81.5 cm³/mol. The molecule has 2 rings (SSSR count). The monoisotopic (exact) mass is 255 g/mol. The van der Waals surface area contributed by atoms with Gasteiger partial charge in [0.1, 0.15) is 0 Å². The zero-order valence-electron chi connectivity index (χ0n) is 11.6. The van der Waals surface area contributed by atoms with Gasteiger partial charge in [-0.1, -0.05) is 37.3 Å². The minimum Gasteiger partial charge on any atom is -0.384 e. The Hall–Kier alpha value is -2.03. The Bertz CT molecular complexity index is 496. The van der Waals surface area contributed by atoms with Crippen LogP contribution in [0.15, 0.2) is 48.8 Å². The molecule has 3 heteroatoms. The lowest BCUT2D eigenvalue weighted by Gasteiger charge is -2.16. The van der Waals surface area contributed by atoms with Crippen LogP contribution in [0.25, 0.3) is 0 Å². The van der Waals surface area contributed by atoms with Gasteiger partial charge in [-0.25, -0.2) is 0 Å². The van der Waals surface area contributed by atoms with Crippen LogP contribution in [-0.2, 0) is 0 Å². The number of anilines is 2. The van der Waals surface area contributed by atoms with Gasteiger partial charge < -0.3 is 10.6 Å². The number of rotatable bonds is 6. The fraction of sp³-hybridized carbons (Fsp3) is 0.312. The van der Waals surface area contributed by atoms with Crippen molar-refractivity contribution in [2.24, 2.45) is 0 Å². The third kappa shape index (κ3) is 3.98. The highest BCUT2D eigenvalue weighted by Gasteiger charge is 2.05. The molecule has 19 heavy (non-hydrogen) atoms. The van der Waals surface area contributed by atoms with E-state index in [4.69, 9.17) is 0 Å². The van der Waals surface area contributed by atoms with E-state index in [1.165, 1.54) is 5.56 Å². The fourth-order valence-corrected chi connectivity index (χ4v) is 1.96. The van der Waals surface area contributed by atoms with Crippen molar-refractivity contribution in [2.75, 3.05) is 17.2 Å². The standard InChI is InChI=1S/C16H21N3/c1-3-9-18-15-10-16(12-17-11-15)19-13(2)14-7-5-4-6-8-14/h4-8,10-13,18-19H,3,9H2,1-2H3. The van der Waals surface area contributed by atoms with Crippen LogP contribution < -0.4 is 10.6 Å². The summed E-state index contributed by atoms with van der Waals surface area (Å²) >= 11 is 0. The molecule has 100 valence electrons. The Labute approximate surface area is 115 Å². The molecule has 1 unspecified atom stereocenters. The average molecular weight is 255 g/mol. The second-order valence-corrected chi connectivity index (χ2v) is 4.67. The summed E-state index contributed by atoms with van der Waals surface area (Å²) in [5.41, 5.74) is 3.37. The molecule has 0 bridgehead atoms.